The zero-order chi connectivity index (χ0) is 22.6. The van der Waals surface area contributed by atoms with Crippen LogP contribution >= 0.6 is 11.3 Å². The van der Waals surface area contributed by atoms with Crippen LogP contribution in [0.3, 0.4) is 0 Å². The number of rotatable bonds is 6. The Bertz CT molecular complexity index is 1250. The number of benzene rings is 1. The third-order valence-corrected chi connectivity index (χ3v) is 8.88. The van der Waals surface area contributed by atoms with Crippen LogP contribution in [-0.4, -0.2) is 36.6 Å². The molecule has 164 valence electrons. The Balaban J connectivity index is 1.79. The predicted molar refractivity (Wildman–Crippen MR) is 122 cm³/mol. The molecule has 3 atom stereocenters. The van der Waals surface area contributed by atoms with E-state index in [0.717, 1.165) is 45.7 Å². The first kappa shape index (κ1) is 22.0. The zero-order valence-electron chi connectivity index (χ0n) is 18.4. The van der Waals surface area contributed by atoms with E-state index in [-0.39, 0.29) is 15.8 Å². The first-order valence-corrected chi connectivity index (χ1v) is 13.8. The van der Waals surface area contributed by atoms with Crippen LogP contribution in [0.1, 0.15) is 64.3 Å². The third-order valence-electron chi connectivity index (χ3n) is 6.27. The van der Waals surface area contributed by atoms with E-state index in [9.17, 15) is 4.79 Å². The van der Waals surface area contributed by atoms with Crippen LogP contribution in [-0.2, 0) is 9.53 Å². The molecule has 1 saturated heterocycles. The van der Waals surface area contributed by atoms with Crippen LogP contribution in [0.4, 0.5) is 0 Å². The fourth-order valence-corrected chi connectivity index (χ4v) is 6.79. The molecule has 5 rings (SSSR count). The number of carbonyl (C=O) groups is 1. The summed E-state index contributed by atoms with van der Waals surface area (Å²) in [7, 11) is 0. The standard InChI is InChI=1S/C23H23BIN4O2S/c1-5-16(21(30)25-24)20-22-28-27-13(4)29(22)23-18(11(2)12(3)32-23)19(26-20)15-8-6-7-14(9-15)17-10-31-17/h6-9,16-17,20H,5,10H2,1-4H3/q-1. The van der Waals surface area contributed by atoms with Gasteiger partial charge in [-0.1, -0.05) is 0 Å². The van der Waals surface area contributed by atoms with Crippen molar-refractivity contribution in [2.45, 2.75) is 46.3 Å². The maximum atomic E-state index is 12.9. The van der Waals surface area contributed by atoms with Crippen molar-refractivity contribution >= 4 is 26.5 Å². The monoisotopic (exact) mass is 557 g/mol. The molecule has 2 aliphatic heterocycles. The van der Waals surface area contributed by atoms with E-state index in [4.69, 9.17) is 15.4 Å². The number of aromatic nitrogens is 3. The Morgan fingerprint density at radius 3 is 2.81 bits per heavy atom. The van der Waals surface area contributed by atoms with Crippen molar-refractivity contribution in [3.63, 3.8) is 0 Å². The first-order valence-electron chi connectivity index (χ1n) is 10.6. The molecule has 1 fully saturated rings. The van der Waals surface area contributed by atoms with Gasteiger partial charge in [0.1, 0.15) is 0 Å². The molecule has 4 heterocycles. The van der Waals surface area contributed by atoms with Crippen LogP contribution in [0.2, 0.25) is 0 Å². The van der Waals surface area contributed by atoms with Crippen molar-refractivity contribution in [3.8, 4) is 5.00 Å². The van der Waals surface area contributed by atoms with Gasteiger partial charge in [0.2, 0.25) is 0 Å². The average molecular weight is 557 g/mol. The molecular formula is C23H23BIN4O2S-. The number of halogens is 1. The van der Waals surface area contributed by atoms with Gasteiger partial charge in [-0.15, -0.1) is 0 Å². The third kappa shape index (κ3) is 3.58. The summed E-state index contributed by atoms with van der Waals surface area (Å²) in [5, 5.41) is 9.96. The quantitative estimate of drug-likeness (QED) is 0.196. The average Bonchev–Trinajstić information content (AvgIpc) is 3.54. The molecule has 0 N–H and O–H groups in total. The Morgan fingerprint density at radius 1 is 1.34 bits per heavy atom. The van der Waals surface area contributed by atoms with Crippen molar-refractivity contribution in [2.24, 2.45) is 10.9 Å². The molecular weight excluding hydrogens is 534 g/mol. The summed E-state index contributed by atoms with van der Waals surface area (Å²) in [5.74, 6) is 1.21. The van der Waals surface area contributed by atoms with E-state index in [1.54, 1.807) is 11.3 Å². The summed E-state index contributed by atoms with van der Waals surface area (Å²) in [6.45, 7) is 9.01. The van der Waals surface area contributed by atoms with Gasteiger partial charge >= 0.3 is 204 Å². The fourth-order valence-electron chi connectivity index (χ4n) is 4.33. The van der Waals surface area contributed by atoms with E-state index < -0.39 is 27.0 Å². The summed E-state index contributed by atoms with van der Waals surface area (Å²) >= 11 is 0.687. The van der Waals surface area contributed by atoms with Gasteiger partial charge in [-0.05, 0) is 0 Å². The molecule has 9 heteroatoms. The number of epoxide rings is 1. The van der Waals surface area contributed by atoms with E-state index in [1.165, 1.54) is 10.4 Å². The van der Waals surface area contributed by atoms with Crippen LogP contribution < -0.4 is 21.0 Å². The van der Waals surface area contributed by atoms with Crippen molar-refractivity contribution < 1.29 is 30.5 Å². The van der Waals surface area contributed by atoms with Gasteiger partial charge in [0, 0.05) is 0 Å². The van der Waals surface area contributed by atoms with Gasteiger partial charge in [-0.2, -0.15) is 0 Å². The van der Waals surface area contributed by atoms with Crippen molar-refractivity contribution in [1.29, 1.82) is 0 Å². The fraction of sp³-hybridized carbons (Fsp3) is 0.391. The second-order valence-electron chi connectivity index (χ2n) is 8.20. The molecule has 2 radical (unpaired) electrons. The Kier molecular flexibility index (Phi) is 5.83. The molecule has 32 heavy (non-hydrogen) atoms. The molecule has 0 bridgehead atoms. The summed E-state index contributed by atoms with van der Waals surface area (Å²) < 4.78 is 7.72. The number of thiophene rings is 1. The second-order valence-corrected chi connectivity index (χ2v) is 11.1. The van der Waals surface area contributed by atoms with E-state index in [1.807, 2.05) is 13.8 Å². The predicted octanol–water partition coefficient (Wildman–Crippen LogP) is 0.943. The Labute approximate surface area is 202 Å². The Hall–Kier alpha value is -1.85. The van der Waals surface area contributed by atoms with Crippen molar-refractivity contribution in [2.75, 3.05) is 6.61 Å². The molecule has 0 aliphatic carbocycles. The maximum absolute atomic E-state index is 12.9. The minimum absolute atomic E-state index is 0.102. The van der Waals surface area contributed by atoms with Gasteiger partial charge in [-0.3, -0.25) is 0 Å². The molecule has 2 aromatic heterocycles. The summed E-state index contributed by atoms with van der Waals surface area (Å²) in [6.07, 6.45) is 0.820. The van der Waals surface area contributed by atoms with Crippen LogP contribution in [0.5, 0.6) is 0 Å². The second kappa shape index (κ2) is 8.50. The molecule has 1 aromatic carbocycles. The molecule has 0 amide bonds. The molecule has 6 nitrogen and oxygen atoms in total. The number of hydrogen-bond acceptors (Lipinski definition) is 6. The SMILES string of the molecule is [B][I-]C(=O)C(CC)C1N=C(c2cccc(C3CO3)c2)c2c(sc(C)c2C)-n2c(C)nnc21. The molecule has 0 saturated carbocycles. The van der Waals surface area contributed by atoms with Gasteiger partial charge in [0.05, 0.1) is 0 Å². The van der Waals surface area contributed by atoms with Gasteiger partial charge in [0.25, 0.3) is 0 Å². The number of hydrogen-bond donors (Lipinski definition) is 0. The van der Waals surface area contributed by atoms with E-state index in [2.05, 4.69) is 52.9 Å². The van der Waals surface area contributed by atoms with Crippen molar-refractivity contribution in [1.82, 2.24) is 14.8 Å². The van der Waals surface area contributed by atoms with Crippen LogP contribution in [0, 0.1) is 26.7 Å². The van der Waals surface area contributed by atoms with E-state index in [0.29, 0.717) is 6.42 Å². The first-order chi connectivity index (χ1) is 15.4. The number of aliphatic imine (C=N–C) groups is 1. The molecule has 3 aromatic rings. The minimum atomic E-state index is -1.04. The number of ether oxygens (including phenoxy) is 1. The summed E-state index contributed by atoms with van der Waals surface area (Å²) in [4.78, 5) is 19.4. The normalized spacial score (nSPS) is 20.3. The topological polar surface area (TPSA) is 72.7 Å². The van der Waals surface area contributed by atoms with Gasteiger partial charge in [-0.25, -0.2) is 0 Å². The molecule has 0 spiro atoms. The summed E-state index contributed by atoms with van der Waals surface area (Å²) in [5.41, 5.74) is 11.3. The van der Waals surface area contributed by atoms with Gasteiger partial charge < -0.3 is 0 Å². The number of aryl methyl sites for hydroxylation is 2. The van der Waals surface area contributed by atoms with E-state index >= 15 is 0 Å². The number of nitrogens with zero attached hydrogens (tertiary/aromatic N) is 4. The summed E-state index contributed by atoms with van der Waals surface area (Å²) in [6, 6.07) is 7.99. The molecule has 3 unspecified atom stereocenters. The Morgan fingerprint density at radius 2 is 2.12 bits per heavy atom. The van der Waals surface area contributed by atoms with Gasteiger partial charge in [0.15, 0.2) is 0 Å². The van der Waals surface area contributed by atoms with Crippen LogP contribution in [0.25, 0.3) is 5.00 Å². The number of carbonyl (C=O) groups excluding carboxylic acids is 1. The zero-order valence-corrected chi connectivity index (χ0v) is 21.4. The van der Waals surface area contributed by atoms with Crippen LogP contribution in [0.15, 0.2) is 29.3 Å². The number of fused-ring (bicyclic) bond motifs is 3. The molecule has 2 aliphatic rings. The van der Waals surface area contributed by atoms with Crippen molar-refractivity contribution in [3.05, 3.63) is 63.0 Å².